The summed E-state index contributed by atoms with van der Waals surface area (Å²) >= 11 is 0. The van der Waals surface area contributed by atoms with Gasteiger partial charge in [0.1, 0.15) is 0 Å². The van der Waals surface area contributed by atoms with E-state index in [1.165, 1.54) is 132 Å². The van der Waals surface area contributed by atoms with E-state index >= 15 is 0 Å². The van der Waals surface area contributed by atoms with E-state index in [2.05, 4.69) is 316 Å². The molecule has 0 radical (unpaired) electrons. The van der Waals surface area contributed by atoms with Crippen molar-refractivity contribution >= 4 is 65.4 Å². The Morgan fingerprint density at radius 2 is 0.600 bits per heavy atom. The lowest BCUT2D eigenvalue weighted by molar-refractivity contribution is 0.660. The molecule has 3 aliphatic rings. The predicted octanol–water partition coefficient (Wildman–Crippen LogP) is 21.7. The van der Waals surface area contributed by atoms with Crippen molar-refractivity contribution in [3.8, 4) is 84.3 Å². The summed E-state index contributed by atoms with van der Waals surface area (Å²) in [6, 6.07) is 96.9. The first-order chi connectivity index (χ1) is 43.9. The third-order valence-electron chi connectivity index (χ3n) is 21.1. The molecule has 0 saturated heterocycles. The summed E-state index contributed by atoms with van der Waals surface area (Å²) in [4.78, 5) is 11.2. The van der Waals surface area contributed by atoms with Crippen LogP contribution in [-0.4, -0.2) is 23.7 Å². The zero-order chi connectivity index (χ0) is 60.1. The molecule has 0 amide bonds. The Morgan fingerprint density at radius 1 is 0.256 bits per heavy atom. The smallest absolute Gasteiger partial charge is 0.160 e. The molecular weight excluding hydrogens is 1090 g/mol. The summed E-state index contributed by atoms with van der Waals surface area (Å²) in [7, 11) is 0. The highest BCUT2D eigenvalue weighted by atomic mass is 15.0. The third kappa shape index (κ3) is 6.81. The van der Waals surface area contributed by atoms with Crippen LogP contribution in [0.2, 0.25) is 0 Å². The average molecular weight is 1150 g/mol. The molecule has 0 N–H and O–H groups in total. The van der Waals surface area contributed by atoms with Gasteiger partial charge in [0, 0.05) is 82.3 Å². The van der Waals surface area contributed by atoms with Crippen LogP contribution in [0.1, 0.15) is 74.9 Å². The van der Waals surface area contributed by atoms with Gasteiger partial charge >= 0.3 is 0 Å². The van der Waals surface area contributed by atoms with Crippen LogP contribution in [0.4, 0.5) is 0 Å². The van der Waals surface area contributed by atoms with Crippen molar-refractivity contribution in [2.45, 2.75) is 57.8 Å². The van der Waals surface area contributed by atoms with Crippen molar-refractivity contribution in [2.24, 2.45) is 0 Å². The summed E-state index contributed by atoms with van der Waals surface area (Å²) in [6.07, 6.45) is 0. The molecule has 0 spiro atoms. The minimum atomic E-state index is -0.116. The standard InChI is InChI=1S/C85H61N5/c1-83(2)62-31-13-7-25-56(62)76-65(83)41-44-73-79(76)59-28-10-16-34-70(59)88(73)53-39-37-50(38-40-53)82-86-68(51-21-19-23-54(47-51)89-71-35-17-11-29-60(71)80-74(89)45-42-66-77(80)57-26-8-14-32-63(57)84(66,3)4)49-69(87-82)52-22-20-24-55(48-52)90-72-36-18-12-30-61(72)81-75(90)46-43-67-78(81)58-27-9-15-33-64(58)85(67,5)6/h7-49H,1-6H3. The van der Waals surface area contributed by atoms with E-state index in [-0.39, 0.29) is 16.2 Å². The van der Waals surface area contributed by atoms with Crippen LogP contribution in [0.3, 0.4) is 0 Å². The van der Waals surface area contributed by atoms with Gasteiger partial charge in [-0.2, -0.15) is 0 Å². The van der Waals surface area contributed by atoms with Gasteiger partial charge in [0.15, 0.2) is 5.82 Å². The fourth-order valence-electron chi connectivity index (χ4n) is 16.8. The molecule has 16 aromatic rings. The van der Waals surface area contributed by atoms with Crippen LogP contribution in [0, 0.1) is 0 Å². The molecule has 90 heavy (non-hydrogen) atoms. The Morgan fingerprint density at radius 3 is 0.989 bits per heavy atom. The molecule has 0 aliphatic heterocycles. The maximum Gasteiger partial charge on any atom is 0.160 e. The maximum atomic E-state index is 5.59. The Labute approximate surface area is 522 Å². The quantitative estimate of drug-likeness (QED) is 0.166. The topological polar surface area (TPSA) is 40.6 Å². The van der Waals surface area contributed by atoms with Crippen molar-refractivity contribution in [3.05, 3.63) is 294 Å². The maximum absolute atomic E-state index is 5.59. The second-order valence-electron chi connectivity index (χ2n) is 26.8. The molecule has 5 heteroatoms. The van der Waals surface area contributed by atoms with E-state index in [4.69, 9.17) is 9.97 Å². The summed E-state index contributed by atoms with van der Waals surface area (Å²) in [5.41, 5.74) is 30.9. The van der Waals surface area contributed by atoms with Crippen LogP contribution < -0.4 is 0 Å². The highest BCUT2D eigenvalue weighted by Gasteiger charge is 2.40. The van der Waals surface area contributed by atoms with Gasteiger partial charge in [0.05, 0.1) is 44.5 Å². The third-order valence-corrected chi connectivity index (χ3v) is 21.1. The van der Waals surface area contributed by atoms with Crippen LogP contribution in [0.5, 0.6) is 0 Å². The van der Waals surface area contributed by atoms with E-state index in [1.54, 1.807) is 0 Å². The number of para-hydroxylation sites is 3. The van der Waals surface area contributed by atoms with Crippen LogP contribution in [0.25, 0.3) is 150 Å². The van der Waals surface area contributed by atoms with Gasteiger partial charge in [-0.3, -0.25) is 0 Å². The van der Waals surface area contributed by atoms with Crippen molar-refractivity contribution in [3.63, 3.8) is 0 Å². The molecule has 0 saturated carbocycles. The molecule has 4 heterocycles. The van der Waals surface area contributed by atoms with Crippen LogP contribution in [-0.2, 0) is 16.2 Å². The molecule has 0 fully saturated rings. The van der Waals surface area contributed by atoms with Crippen molar-refractivity contribution < 1.29 is 0 Å². The lowest BCUT2D eigenvalue weighted by Crippen LogP contribution is -2.14. The van der Waals surface area contributed by atoms with E-state index in [0.717, 1.165) is 45.1 Å². The highest BCUT2D eigenvalue weighted by molar-refractivity contribution is 6.20. The van der Waals surface area contributed by atoms with Gasteiger partial charge in [0.25, 0.3) is 0 Å². The molecule has 0 unspecified atom stereocenters. The monoisotopic (exact) mass is 1150 g/mol. The molecule has 19 rings (SSSR count). The van der Waals surface area contributed by atoms with E-state index in [0.29, 0.717) is 5.82 Å². The lowest BCUT2D eigenvalue weighted by atomic mass is 9.82. The summed E-state index contributed by atoms with van der Waals surface area (Å²) in [6.45, 7) is 14.2. The molecule has 5 nitrogen and oxygen atoms in total. The van der Waals surface area contributed by atoms with E-state index in [9.17, 15) is 0 Å². The largest absolute Gasteiger partial charge is 0.309 e. The van der Waals surface area contributed by atoms with Gasteiger partial charge in [0.2, 0.25) is 0 Å². The molecule has 4 aromatic heterocycles. The SMILES string of the molecule is CC1(C)c2ccccc2-c2c1ccc1c2c2ccccc2n1-c1ccc(-c2nc(-c3cccc(-n4c5ccccc5c5c6c(ccc54)C(C)(C)c4ccccc4-6)c3)cc(-c3cccc(-n4c5ccccc5c5c6c(ccc54)C(C)(C)c4ccccc4-6)c3)n2)cc1. The van der Waals surface area contributed by atoms with Gasteiger partial charge in [-0.05, 0) is 158 Å². The molecule has 0 bridgehead atoms. The number of rotatable bonds is 6. The minimum absolute atomic E-state index is 0.104. The second-order valence-corrected chi connectivity index (χ2v) is 26.8. The molecule has 3 aliphatic carbocycles. The van der Waals surface area contributed by atoms with Gasteiger partial charge in [-0.25, -0.2) is 9.97 Å². The van der Waals surface area contributed by atoms with Crippen molar-refractivity contribution in [1.82, 2.24) is 23.7 Å². The molecule has 0 atom stereocenters. The molecular formula is C85H61N5. The van der Waals surface area contributed by atoms with Crippen molar-refractivity contribution in [1.29, 1.82) is 0 Å². The zero-order valence-electron chi connectivity index (χ0n) is 51.1. The number of nitrogens with zero attached hydrogens (tertiary/aromatic N) is 5. The van der Waals surface area contributed by atoms with Gasteiger partial charge < -0.3 is 13.7 Å². The fraction of sp³-hybridized carbons (Fsp3) is 0.106. The van der Waals surface area contributed by atoms with Crippen molar-refractivity contribution in [2.75, 3.05) is 0 Å². The minimum Gasteiger partial charge on any atom is -0.309 e. The number of benzene rings is 12. The average Bonchev–Trinajstić information content (AvgIpc) is 1.57. The first-order valence-corrected chi connectivity index (χ1v) is 31.6. The Balaban J connectivity index is 0.791. The molecule has 426 valence electrons. The van der Waals surface area contributed by atoms with Gasteiger partial charge in [-0.15, -0.1) is 0 Å². The Hall–Kier alpha value is -10.9. The molecule has 12 aromatic carbocycles. The number of aromatic nitrogens is 5. The number of hydrogen-bond donors (Lipinski definition) is 0. The summed E-state index contributed by atoms with van der Waals surface area (Å²) in [5.74, 6) is 0.658. The fourth-order valence-corrected chi connectivity index (χ4v) is 16.8. The van der Waals surface area contributed by atoms with E-state index < -0.39 is 0 Å². The normalized spacial score (nSPS) is 14.6. The lowest BCUT2D eigenvalue weighted by Gasteiger charge is -2.21. The van der Waals surface area contributed by atoms with Crippen LogP contribution in [0.15, 0.2) is 261 Å². The second kappa shape index (κ2) is 18.1. The Kier molecular flexibility index (Phi) is 10.3. The highest BCUT2D eigenvalue weighted by Crippen LogP contribution is 2.57. The first-order valence-electron chi connectivity index (χ1n) is 31.6. The number of fused-ring (bicyclic) bond motifs is 21. The van der Waals surface area contributed by atoms with Crippen LogP contribution >= 0.6 is 0 Å². The number of hydrogen-bond acceptors (Lipinski definition) is 2. The predicted molar refractivity (Wildman–Crippen MR) is 374 cm³/mol. The van der Waals surface area contributed by atoms with E-state index in [1.807, 2.05) is 0 Å². The summed E-state index contributed by atoms with van der Waals surface area (Å²) in [5, 5.41) is 7.64. The Bertz CT molecular complexity index is 5580. The van der Waals surface area contributed by atoms with Gasteiger partial charge in [-0.1, -0.05) is 211 Å². The zero-order valence-corrected chi connectivity index (χ0v) is 51.1. The first kappa shape index (κ1) is 51.2. The summed E-state index contributed by atoms with van der Waals surface area (Å²) < 4.78 is 7.35.